The van der Waals surface area contributed by atoms with Gasteiger partial charge < -0.3 is 9.47 Å². The van der Waals surface area contributed by atoms with Gasteiger partial charge in [-0.25, -0.2) is 8.42 Å². The second-order valence-corrected chi connectivity index (χ2v) is 8.78. The highest BCUT2D eigenvalue weighted by Crippen LogP contribution is 2.23. The Morgan fingerprint density at radius 3 is 2.16 bits per heavy atom. The molecule has 0 N–H and O–H groups in total. The molecule has 0 atom stereocenters. The fourth-order valence-corrected chi connectivity index (χ4v) is 5.37. The molecular formula is C16H17N5O2S2. The molecule has 1 saturated heterocycles. The summed E-state index contributed by atoms with van der Waals surface area (Å²) in [5, 5.41) is 10.3. The van der Waals surface area contributed by atoms with Crippen molar-refractivity contribution in [3.63, 3.8) is 0 Å². The molecule has 130 valence electrons. The maximum atomic E-state index is 12.6. The topological polar surface area (TPSA) is 71.3 Å². The average Bonchev–Trinajstić information content (AvgIpc) is 3.36. The third kappa shape index (κ3) is 3.17. The standard InChI is InChI=1S/C16H17N5O2S2/c22-25(23,16-4-3-13-24-16)21-11-9-20(10-12-21)15-6-5-14(17-18-15)19-7-1-2-8-19/h1-8,13H,9-12H2. The Labute approximate surface area is 150 Å². The van der Waals surface area contributed by atoms with Gasteiger partial charge in [-0.3, -0.25) is 0 Å². The number of nitrogens with zero attached hydrogens (tertiary/aromatic N) is 5. The molecule has 0 spiro atoms. The Hall–Kier alpha value is -2.23. The summed E-state index contributed by atoms with van der Waals surface area (Å²) >= 11 is 1.25. The van der Waals surface area contributed by atoms with Crippen molar-refractivity contribution >= 4 is 27.2 Å². The molecule has 1 aliphatic heterocycles. The van der Waals surface area contributed by atoms with Crippen molar-refractivity contribution in [3.05, 3.63) is 54.2 Å². The molecular weight excluding hydrogens is 358 g/mol. The molecule has 4 heterocycles. The lowest BCUT2D eigenvalue weighted by Gasteiger charge is -2.34. The predicted molar refractivity (Wildman–Crippen MR) is 96.6 cm³/mol. The van der Waals surface area contributed by atoms with E-state index in [4.69, 9.17) is 0 Å². The number of sulfonamides is 1. The number of hydrogen-bond acceptors (Lipinski definition) is 6. The Kier molecular flexibility index (Phi) is 4.28. The largest absolute Gasteiger partial charge is 0.352 e. The Morgan fingerprint density at radius 2 is 1.56 bits per heavy atom. The maximum absolute atomic E-state index is 12.6. The van der Waals surface area contributed by atoms with Crippen LogP contribution in [0, 0.1) is 0 Å². The zero-order chi connectivity index (χ0) is 17.3. The number of rotatable bonds is 4. The van der Waals surface area contributed by atoms with E-state index < -0.39 is 10.0 Å². The van der Waals surface area contributed by atoms with Gasteiger partial charge in [-0.15, -0.1) is 21.5 Å². The van der Waals surface area contributed by atoms with Crippen LogP contribution in [0.25, 0.3) is 5.82 Å². The Morgan fingerprint density at radius 1 is 0.880 bits per heavy atom. The van der Waals surface area contributed by atoms with Crippen LogP contribution < -0.4 is 4.90 Å². The van der Waals surface area contributed by atoms with Crippen LogP contribution in [0.15, 0.2) is 58.4 Å². The van der Waals surface area contributed by atoms with E-state index in [-0.39, 0.29) is 0 Å². The highest BCUT2D eigenvalue weighted by molar-refractivity contribution is 7.91. The van der Waals surface area contributed by atoms with Crippen molar-refractivity contribution in [2.75, 3.05) is 31.1 Å². The molecule has 25 heavy (non-hydrogen) atoms. The Balaban J connectivity index is 1.44. The Bertz CT molecular complexity index is 914. The number of aromatic nitrogens is 3. The summed E-state index contributed by atoms with van der Waals surface area (Å²) in [6.07, 6.45) is 3.83. The summed E-state index contributed by atoms with van der Waals surface area (Å²) < 4.78 is 28.9. The fraction of sp³-hybridized carbons (Fsp3) is 0.250. The van der Waals surface area contributed by atoms with Crippen molar-refractivity contribution in [1.29, 1.82) is 0 Å². The summed E-state index contributed by atoms with van der Waals surface area (Å²) in [4.78, 5) is 2.06. The van der Waals surface area contributed by atoms with E-state index in [0.29, 0.717) is 30.4 Å². The molecule has 0 aromatic carbocycles. The smallest absolute Gasteiger partial charge is 0.252 e. The molecule has 9 heteroatoms. The van der Waals surface area contributed by atoms with E-state index in [0.717, 1.165) is 11.6 Å². The van der Waals surface area contributed by atoms with Crippen molar-refractivity contribution < 1.29 is 8.42 Å². The molecule has 0 saturated carbocycles. The zero-order valence-electron chi connectivity index (χ0n) is 13.4. The molecule has 0 bridgehead atoms. The first-order chi connectivity index (χ1) is 12.1. The van der Waals surface area contributed by atoms with Gasteiger partial charge in [0.1, 0.15) is 4.21 Å². The lowest BCUT2D eigenvalue weighted by molar-refractivity contribution is 0.384. The molecule has 7 nitrogen and oxygen atoms in total. The molecule has 0 unspecified atom stereocenters. The molecule has 1 fully saturated rings. The van der Waals surface area contributed by atoms with E-state index in [1.54, 1.807) is 17.5 Å². The van der Waals surface area contributed by atoms with E-state index in [9.17, 15) is 8.42 Å². The number of piperazine rings is 1. The number of hydrogen-bond donors (Lipinski definition) is 0. The SMILES string of the molecule is O=S(=O)(c1cccs1)N1CCN(c2ccc(-n3cccc3)nn2)CC1. The molecule has 0 aliphatic carbocycles. The second kappa shape index (κ2) is 6.58. The highest BCUT2D eigenvalue weighted by Gasteiger charge is 2.29. The lowest BCUT2D eigenvalue weighted by Crippen LogP contribution is -2.48. The van der Waals surface area contributed by atoms with Crippen molar-refractivity contribution in [2.45, 2.75) is 4.21 Å². The summed E-state index contributed by atoms with van der Waals surface area (Å²) in [5.74, 6) is 1.52. The van der Waals surface area contributed by atoms with Gasteiger partial charge >= 0.3 is 0 Å². The van der Waals surface area contributed by atoms with Gasteiger partial charge in [0.25, 0.3) is 10.0 Å². The predicted octanol–water partition coefficient (Wildman–Crippen LogP) is 1.84. The molecule has 0 amide bonds. The molecule has 3 aromatic rings. The van der Waals surface area contributed by atoms with Crippen LogP contribution in [0.3, 0.4) is 0 Å². The van der Waals surface area contributed by atoms with Crippen molar-refractivity contribution in [3.8, 4) is 5.82 Å². The van der Waals surface area contributed by atoms with Crippen LogP contribution in [0.2, 0.25) is 0 Å². The van der Waals surface area contributed by atoms with E-state index >= 15 is 0 Å². The van der Waals surface area contributed by atoms with Gasteiger partial charge in [0, 0.05) is 38.6 Å². The summed E-state index contributed by atoms with van der Waals surface area (Å²) in [7, 11) is -3.37. The molecule has 0 radical (unpaired) electrons. The van der Waals surface area contributed by atoms with Gasteiger partial charge in [-0.05, 0) is 35.7 Å². The van der Waals surface area contributed by atoms with Crippen LogP contribution in [0.5, 0.6) is 0 Å². The monoisotopic (exact) mass is 375 g/mol. The van der Waals surface area contributed by atoms with Gasteiger partial charge in [0.15, 0.2) is 11.6 Å². The van der Waals surface area contributed by atoms with Gasteiger partial charge in [-0.1, -0.05) is 6.07 Å². The highest BCUT2D eigenvalue weighted by atomic mass is 32.2. The molecule has 1 aliphatic rings. The quantitative estimate of drug-likeness (QED) is 0.696. The normalized spacial score (nSPS) is 16.2. The van der Waals surface area contributed by atoms with E-state index in [1.807, 2.05) is 41.2 Å². The van der Waals surface area contributed by atoms with Crippen molar-refractivity contribution in [2.24, 2.45) is 0 Å². The first-order valence-electron chi connectivity index (χ1n) is 7.90. The molecule has 4 rings (SSSR count). The van der Waals surface area contributed by atoms with Crippen LogP contribution in [-0.2, 0) is 10.0 Å². The van der Waals surface area contributed by atoms with Crippen LogP contribution in [0.4, 0.5) is 5.82 Å². The second-order valence-electron chi connectivity index (χ2n) is 5.66. The third-order valence-electron chi connectivity index (χ3n) is 4.16. The lowest BCUT2D eigenvalue weighted by atomic mass is 10.3. The first kappa shape index (κ1) is 16.2. The third-order valence-corrected chi connectivity index (χ3v) is 7.43. The van der Waals surface area contributed by atoms with Gasteiger partial charge in [0.05, 0.1) is 0 Å². The van der Waals surface area contributed by atoms with E-state index in [1.165, 1.54) is 15.6 Å². The van der Waals surface area contributed by atoms with Crippen LogP contribution in [-0.4, -0.2) is 53.7 Å². The first-order valence-corrected chi connectivity index (χ1v) is 10.2. The van der Waals surface area contributed by atoms with Gasteiger partial charge in [0.2, 0.25) is 0 Å². The minimum Gasteiger partial charge on any atom is -0.352 e. The van der Waals surface area contributed by atoms with Crippen LogP contribution >= 0.6 is 11.3 Å². The summed E-state index contributed by atoms with van der Waals surface area (Å²) in [6.45, 7) is 2.09. The van der Waals surface area contributed by atoms with E-state index in [2.05, 4.69) is 15.1 Å². The summed E-state index contributed by atoms with van der Waals surface area (Å²) in [5.41, 5.74) is 0. The fourth-order valence-electron chi connectivity index (χ4n) is 2.81. The van der Waals surface area contributed by atoms with Crippen molar-refractivity contribution in [1.82, 2.24) is 19.1 Å². The zero-order valence-corrected chi connectivity index (χ0v) is 15.0. The average molecular weight is 375 g/mol. The van der Waals surface area contributed by atoms with Crippen LogP contribution in [0.1, 0.15) is 0 Å². The molecule has 3 aromatic heterocycles. The minimum absolute atomic E-state index is 0.400. The number of anilines is 1. The summed E-state index contributed by atoms with van der Waals surface area (Å²) in [6, 6.07) is 11.1. The minimum atomic E-state index is -3.37. The number of thiophene rings is 1. The van der Waals surface area contributed by atoms with Gasteiger partial charge in [-0.2, -0.15) is 4.31 Å². The maximum Gasteiger partial charge on any atom is 0.252 e.